The summed E-state index contributed by atoms with van der Waals surface area (Å²) in [5.41, 5.74) is 6.26. The third-order valence-corrected chi connectivity index (χ3v) is 3.41. The number of hydrogen-bond donors (Lipinski definition) is 3. The van der Waals surface area contributed by atoms with Gasteiger partial charge in [0.25, 0.3) is 5.91 Å². The molecule has 4 N–H and O–H groups in total. The number of aromatic hydroxyl groups is 1. The van der Waals surface area contributed by atoms with Crippen LogP contribution < -0.4 is 11.1 Å². The number of phenolic OH excluding ortho intramolecular Hbond substituents is 1. The molecule has 0 aliphatic heterocycles. The summed E-state index contributed by atoms with van der Waals surface area (Å²) in [4.78, 5) is 12.2. The molecule has 0 saturated heterocycles. The standard InChI is InChI=1S/C14H10BrFN2O2S/c15-7-1-3-11(9(5-7)13(17)21)18-14(20)10-6-8(16)2-4-12(10)19/h1-6,19H,(H2,17,21)(H,18,20). The molecule has 2 aromatic carbocycles. The highest BCUT2D eigenvalue weighted by molar-refractivity contribution is 9.10. The van der Waals surface area contributed by atoms with Crippen molar-refractivity contribution in [3.63, 3.8) is 0 Å². The summed E-state index contributed by atoms with van der Waals surface area (Å²) in [6.07, 6.45) is 0. The van der Waals surface area contributed by atoms with Crippen molar-refractivity contribution in [2.45, 2.75) is 0 Å². The van der Waals surface area contributed by atoms with Gasteiger partial charge in [-0.05, 0) is 36.4 Å². The number of hydrogen-bond acceptors (Lipinski definition) is 3. The summed E-state index contributed by atoms with van der Waals surface area (Å²) < 4.78 is 13.9. The lowest BCUT2D eigenvalue weighted by atomic mass is 10.1. The maximum Gasteiger partial charge on any atom is 0.259 e. The second kappa shape index (κ2) is 6.19. The fourth-order valence-corrected chi connectivity index (χ4v) is 2.24. The summed E-state index contributed by atoms with van der Waals surface area (Å²) in [6.45, 7) is 0. The van der Waals surface area contributed by atoms with Crippen LogP contribution in [-0.2, 0) is 0 Å². The number of halogens is 2. The van der Waals surface area contributed by atoms with Gasteiger partial charge in [0.05, 0.1) is 11.3 Å². The van der Waals surface area contributed by atoms with E-state index < -0.39 is 11.7 Å². The van der Waals surface area contributed by atoms with E-state index in [4.69, 9.17) is 18.0 Å². The quantitative estimate of drug-likeness (QED) is 0.727. The fraction of sp³-hybridized carbons (Fsp3) is 0. The molecule has 0 aromatic heterocycles. The zero-order chi connectivity index (χ0) is 15.6. The Hall–Kier alpha value is -1.99. The Labute approximate surface area is 133 Å². The Morgan fingerprint density at radius 1 is 1.24 bits per heavy atom. The van der Waals surface area contributed by atoms with Crippen molar-refractivity contribution in [1.82, 2.24) is 0 Å². The van der Waals surface area contributed by atoms with Crippen LogP contribution in [0.2, 0.25) is 0 Å². The summed E-state index contributed by atoms with van der Waals surface area (Å²) >= 11 is 8.20. The molecular formula is C14H10BrFN2O2S. The van der Waals surface area contributed by atoms with Crippen LogP contribution in [0.1, 0.15) is 15.9 Å². The minimum absolute atomic E-state index is 0.107. The van der Waals surface area contributed by atoms with Crippen molar-refractivity contribution in [3.8, 4) is 5.75 Å². The van der Waals surface area contributed by atoms with E-state index in [-0.39, 0.29) is 16.3 Å². The van der Waals surface area contributed by atoms with Gasteiger partial charge in [-0.1, -0.05) is 28.1 Å². The van der Waals surface area contributed by atoms with E-state index in [1.165, 1.54) is 0 Å². The predicted molar refractivity (Wildman–Crippen MR) is 86.0 cm³/mol. The first-order valence-electron chi connectivity index (χ1n) is 5.77. The number of amides is 1. The lowest BCUT2D eigenvalue weighted by Gasteiger charge is -2.11. The van der Waals surface area contributed by atoms with E-state index in [1.807, 2.05) is 0 Å². The SMILES string of the molecule is NC(=S)c1cc(Br)ccc1NC(=O)c1cc(F)ccc1O. The fourth-order valence-electron chi connectivity index (χ4n) is 1.71. The van der Waals surface area contributed by atoms with E-state index in [0.717, 1.165) is 22.7 Å². The molecule has 4 nitrogen and oxygen atoms in total. The number of rotatable bonds is 3. The molecule has 2 rings (SSSR count). The molecule has 0 aliphatic carbocycles. The topological polar surface area (TPSA) is 75.3 Å². The minimum Gasteiger partial charge on any atom is -0.507 e. The molecule has 1 amide bonds. The van der Waals surface area contributed by atoms with Crippen LogP contribution in [0.15, 0.2) is 40.9 Å². The highest BCUT2D eigenvalue weighted by Gasteiger charge is 2.15. The van der Waals surface area contributed by atoms with Crippen molar-refractivity contribution in [3.05, 3.63) is 57.8 Å². The molecular weight excluding hydrogens is 359 g/mol. The first-order valence-corrected chi connectivity index (χ1v) is 6.98. The maximum atomic E-state index is 13.2. The number of phenols is 1. The van der Waals surface area contributed by atoms with Gasteiger partial charge in [0.15, 0.2) is 0 Å². The Morgan fingerprint density at radius 3 is 2.62 bits per heavy atom. The van der Waals surface area contributed by atoms with Gasteiger partial charge in [0.1, 0.15) is 16.6 Å². The number of nitrogens with one attached hydrogen (secondary N) is 1. The number of carbonyl (C=O) groups is 1. The van der Waals surface area contributed by atoms with Crippen molar-refractivity contribution in [2.75, 3.05) is 5.32 Å². The predicted octanol–water partition coefficient (Wildman–Crippen LogP) is 3.18. The molecule has 0 unspecified atom stereocenters. The van der Waals surface area contributed by atoms with Crippen LogP contribution in [0.4, 0.5) is 10.1 Å². The number of anilines is 1. The zero-order valence-corrected chi connectivity index (χ0v) is 13.0. The van der Waals surface area contributed by atoms with Crippen LogP contribution >= 0.6 is 28.1 Å². The monoisotopic (exact) mass is 368 g/mol. The third kappa shape index (κ3) is 3.56. The minimum atomic E-state index is -0.660. The summed E-state index contributed by atoms with van der Waals surface area (Å²) in [6, 6.07) is 8.08. The van der Waals surface area contributed by atoms with E-state index >= 15 is 0 Å². The Kier molecular flexibility index (Phi) is 4.54. The highest BCUT2D eigenvalue weighted by Crippen LogP contribution is 2.24. The molecule has 0 radical (unpaired) electrons. The zero-order valence-electron chi connectivity index (χ0n) is 10.6. The Morgan fingerprint density at radius 2 is 1.95 bits per heavy atom. The van der Waals surface area contributed by atoms with Gasteiger partial charge in [0.2, 0.25) is 0 Å². The van der Waals surface area contributed by atoms with E-state index in [9.17, 15) is 14.3 Å². The molecule has 0 heterocycles. The number of benzene rings is 2. The summed E-state index contributed by atoms with van der Waals surface area (Å²) in [5, 5.41) is 12.2. The molecule has 7 heteroatoms. The van der Waals surface area contributed by atoms with Crippen LogP contribution in [0.3, 0.4) is 0 Å². The molecule has 0 spiro atoms. The van der Waals surface area contributed by atoms with Crippen molar-refractivity contribution < 1.29 is 14.3 Å². The highest BCUT2D eigenvalue weighted by atomic mass is 79.9. The summed E-state index contributed by atoms with van der Waals surface area (Å²) in [5.74, 6) is -1.60. The van der Waals surface area contributed by atoms with Crippen molar-refractivity contribution >= 4 is 44.7 Å². The molecule has 0 fully saturated rings. The second-order valence-electron chi connectivity index (χ2n) is 4.17. The van der Waals surface area contributed by atoms with Crippen LogP contribution in [-0.4, -0.2) is 16.0 Å². The molecule has 0 atom stereocenters. The smallest absolute Gasteiger partial charge is 0.259 e. The average molecular weight is 369 g/mol. The van der Waals surface area contributed by atoms with E-state index in [0.29, 0.717) is 11.3 Å². The molecule has 2 aromatic rings. The lowest BCUT2D eigenvalue weighted by molar-refractivity contribution is 0.102. The molecule has 0 bridgehead atoms. The summed E-state index contributed by atoms with van der Waals surface area (Å²) in [7, 11) is 0. The van der Waals surface area contributed by atoms with Gasteiger partial charge >= 0.3 is 0 Å². The normalized spacial score (nSPS) is 10.2. The Bertz CT molecular complexity index is 737. The van der Waals surface area contributed by atoms with Crippen molar-refractivity contribution in [1.29, 1.82) is 0 Å². The van der Waals surface area contributed by atoms with E-state index in [1.54, 1.807) is 18.2 Å². The number of carbonyl (C=O) groups excluding carboxylic acids is 1. The van der Waals surface area contributed by atoms with Crippen LogP contribution in [0, 0.1) is 5.82 Å². The van der Waals surface area contributed by atoms with Gasteiger partial charge in [-0.15, -0.1) is 0 Å². The first-order chi connectivity index (χ1) is 9.88. The molecule has 108 valence electrons. The largest absolute Gasteiger partial charge is 0.507 e. The Balaban J connectivity index is 2.36. The third-order valence-electron chi connectivity index (χ3n) is 2.70. The van der Waals surface area contributed by atoms with Gasteiger partial charge in [0, 0.05) is 10.0 Å². The molecule has 0 saturated carbocycles. The first kappa shape index (κ1) is 15.4. The average Bonchev–Trinajstić information content (AvgIpc) is 2.43. The number of thiocarbonyl (C=S) groups is 1. The van der Waals surface area contributed by atoms with Gasteiger partial charge in [-0.3, -0.25) is 4.79 Å². The van der Waals surface area contributed by atoms with Crippen LogP contribution in [0.5, 0.6) is 5.75 Å². The van der Waals surface area contributed by atoms with Gasteiger partial charge in [-0.25, -0.2) is 4.39 Å². The van der Waals surface area contributed by atoms with Gasteiger partial charge < -0.3 is 16.2 Å². The second-order valence-corrected chi connectivity index (χ2v) is 5.53. The van der Waals surface area contributed by atoms with Crippen LogP contribution in [0.25, 0.3) is 0 Å². The maximum absolute atomic E-state index is 13.2. The van der Waals surface area contributed by atoms with Gasteiger partial charge in [-0.2, -0.15) is 0 Å². The molecule has 0 aliphatic rings. The van der Waals surface area contributed by atoms with E-state index in [2.05, 4.69) is 21.2 Å². The number of nitrogens with two attached hydrogens (primary N) is 1. The molecule has 21 heavy (non-hydrogen) atoms. The lowest BCUT2D eigenvalue weighted by Crippen LogP contribution is -2.18. The van der Waals surface area contributed by atoms with Crippen molar-refractivity contribution in [2.24, 2.45) is 5.73 Å².